The van der Waals surface area contributed by atoms with Crippen LogP contribution in [0.25, 0.3) is 0 Å². The van der Waals surface area contributed by atoms with Crippen molar-refractivity contribution in [3.05, 3.63) is 47.4 Å². The molecule has 0 aromatic carbocycles. The number of hydrogen-bond donors (Lipinski definition) is 1. The van der Waals surface area contributed by atoms with Crippen LogP contribution in [-0.4, -0.2) is 9.97 Å². The molecule has 0 aliphatic rings. The van der Waals surface area contributed by atoms with Gasteiger partial charge in [0, 0.05) is 6.20 Å². The van der Waals surface area contributed by atoms with Gasteiger partial charge in [0.25, 0.3) is 0 Å². The van der Waals surface area contributed by atoms with Crippen LogP contribution in [0.4, 0.5) is 24.7 Å². The molecule has 1 N–H and O–H groups in total. The first kappa shape index (κ1) is 13.8. The van der Waals surface area contributed by atoms with Gasteiger partial charge in [0.2, 0.25) is 0 Å². The Bertz CT molecular complexity index is 674. The standard InChI is InChI=1S/C13H9F3N4/c1-8-4-10(7-18-6-8)19-12-9(5-17)2-3-11(20-12)13(14,15)16/h2-4,6-7H,1H3,(H,19,20). The third-order valence-corrected chi connectivity index (χ3v) is 2.44. The number of alkyl halides is 3. The number of pyridine rings is 2. The minimum absolute atomic E-state index is 0.0273. The maximum Gasteiger partial charge on any atom is 0.433 e. The van der Waals surface area contributed by atoms with Crippen LogP contribution in [0.2, 0.25) is 0 Å². The lowest BCUT2D eigenvalue weighted by molar-refractivity contribution is -0.141. The molecule has 20 heavy (non-hydrogen) atoms. The van der Waals surface area contributed by atoms with Crippen molar-refractivity contribution in [2.45, 2.75) is 13.1 Å². The number of halogens is 3. The summed E-state index contributed by atoms with van der Waals surface area (Å²) in [6.45, 7) is 1.79. The summed E-state index contributed by atoms with van der Waals surface area (Å²) in [6.07, 6.45) is -1.51. The number of aryl methyl sites for hydroxylation is 1. The molecule has 0 aliphatic heterocycles. The third kappa shape index (κ3) is 3.03. The van der Waals surface area contributed by atoms with Crippen molar-refractivity contribution in [2.75, 3.05) is 5.32 Å². The number of nitriles is 1. The monoisotopic (exact) mass is 278 g/mol. The molecule has 0 aliphatic carbocycles. The number of rotatable bonds is 2. The fourth-order valence-electron chi connectivity index (χ4n) is 1.56. The van der Waals surface area contributed by atoms with E-state index >= 15 is 0 Å². The molecule has 0 radical (unpaired) electrons. The van der Waals surface area contributed by atoms with Crippen LogP contribution < -0.4 is 5.32 Å². The molecule has 0 unspecified atom stereocenters. The van der Waals surface area contributed by atoms with Gasteiger partial charge in [0.1, 0.15) is 17.6 Å². The summed E-state index contributed by atoms with van der Waals surface area (Å²) in [7, 11) is 0. The first-order valence-corrected chi connectivity index (χ1v) is 5.57. The Morgan fingerprint density at radius 3 is 2.60 bits per heavy atom. The Hall–Kier alpha value is -2.62. The highest BCUT2D eigenvalue weighted by Crippen LogP contribution is 2.30. The SMILES string of the molecule is Cc1cncc(Nc2nc(C(F)(F)F)ccc2C#N)c1. The van der Waals surface area contributed by atoms with Crippen LogP contribution in [0.3, 0.4) is 0 Å². The zero-order valence-electron chi connectivity index (χ0n) is 10.4. The van der Waals surface area contributed by atoms with Crippen LogP contribution in [0.1, 0.15) is 16.8 Å². The molecule has 0 atom stereocenters. The lowest BCUT2D eigenvalue weighted by Gasteiger charge is -2.11. The van der Waals surface area contributed by atoms with Crippen molar-refractivity contribution in [3.63, 3.8) is 0 Å². The largest absolute Gasteiger partial charge is 0.433 e. The maximum atomic E-state index is 12.6. The second-order valence-corrected chi connectivity index (χ2v) is 4.08. The minimum atomic E-state index is -4.56. The third-order valence-electron chi connectivity index (χ3n) is 2.44. The average Bonchev–Trinajstić information content (AvgIpc) is 2.37. The van der Waals surface area contributed by atoms with E-state index in [9.17, 15) is 13.2 Å². The van der Waals surface area contributed by atoms with Gasteiger partial charge in [-0.25, -0.2) is 4.98 Å². The highest BCUT2D eigenvalue weighted by Gasteiger charge is 2.33. The molecule has 0 bridgehead atoms. The topological polar surface area (TPSA) is 61.6 Å². The predicted octanol–water partition coefficient (Wildman–Crippen LogP) is 3.42. The molecule has 2 heterocycles. The molecule has 0 amide bonds. The lowest BCUT2D eigenvalue weighted by atomic mass is 10.2. The molecule has 0 saturated heterocycles. The normalized spacial score (nSPS) is 10.9. The quantitative estimate of drug-likeness (QED) is 0.914. The molecule has 4 nitrogen and oxygen atoms in total. The zero-order chi connectivity index (χ0) is 14.8. The van der Waals surface area contributed by atoms with E-state index in [0.717, 1.165) is 17.7 Å². The van der Waals surface area contributed by atoms with Crippen molar-refractivity contribution in [1.29, 1.82) is 5.26 Å². The van der Waals surface area contributed by atoms with Gasteiger partial charge in [0.15, 0.2) is 0 Å². The smallest absolute Gasteiger partial charge is 0.338 e. The van der Waals surface area contributed by atoms with Crippen LogP contribution in [0, 0.1) is 18.3 Å². The van der Waals surface area contributed by atoms with E-state index in [4.69, 9.17) is 5.26 Å². The van der Waals surface area contributed by atoms with Crippen molar-refractivity contribution in [1.82, 2.24) is 9.97 Å². The summed E-state index contributed by atoms with van der Waals surface area (Å²) >= 11 is 0. The highest BCUT2D eigenvalue weighted by molar-refractivity contribution is 5.62. The lowest BCUT2D eigenvalue weighted by Crippen LogP contribution is -2.10. The minimum Gasteiger partial charge on any atom is -0.338 e. The van der Waals surface area contributed by atoms with Gasteiger partial charge in [-0.3, -0.25) is 4.98 Å². The second-order valence-electron chi connectivity index (χ2n) is 4.08. The number of nitrogens with zero attached hydrogens (tertiary/aromatic N) is 3. The Morgan fingerprint density at radius 1 is 1.25 bits per heavy atom. The molecule has 0 fully saturated rings. The van der Waals surface area contributed by atoms with Gasteiger partial charge in [-0.1, -0.05) is 0 Å². The Labute approximate surface area is 112 Å². The van der Waals surface area contributed by atoms with E-state index in [-0.39, 0.29) is 11.4 Å². The number of aromatic nitrogens is 2. The summed E-state index contributed by atoms with van der Waals surface area (Å²) in [5.74, 6) is -0.144. The van der Waals surface area contributed by atoms with Gasteiger partial charge >= 0.3 is 6.18 Å². The summed E-state index contributed by atoms with van der Waals surface area (Å²) in [6, 6.07) is 5.35. The van der Waals surface area contributed by atoms with Crippen molar-refractivity contribution in [3.8, 4) is 6.07 Å². The molecule has 7 heteroatoms. The summed E-state index contributed by atoms with van der Waals surface area (Å²) in [5, 5.41) is 11.6. The first-order valence-electron chi connectivity index (χ1n) is 5.57. The van der Waals surface area contributed by atoms with E-state index in [2.05, 4.69) is 15.3 Å². The summed E-state index contributed by atoms with van der Waals surface area (Å²) < 4.78 is 37.9. The molecule has 102 valence electrons. The number of hydrogen-bond acceptors (Lipinski definition) is 4. The molecular formula is C13H9F3N4. The second kappa shape index (κ2) is 5.17. The number of anilines is 2. The van der Waals surface area contributed by atoms with Crippen molar-refractivity contribution >= 4 is 11.5 Å². The van der Waals surface area contributed by atoms with Crippen molar-refractivity contribution < 1.29 is 13.2 Å². The van der Waals surface area contributed by atoms with Crippen molar-refractivity contribution in [2.24, 2.45) is 0 Å². The van der Waals surface area contributed by atoms with Crippen LogP contribution in [-0.2, 0) is 6.18 Å². The van der Waals surface area contributed by atoms with E-state index in [1.54, 1.807) is 25.3 Å². The number of nitrogens with one attached hydrogen (secondary N) is 1. The molecule has 0 saturated carbocycles. The summed E-state index contributed by atoms with van der Waals surface area (Å²) in [4.78, 5) is 7.37. The predicted molar refractivity (Wildman–Crippen MR) is 66.2 cm³/mol. The van der Waals surface area contributed by atoms with Crippen LogP contribution in [0.15, 0.2) is 30.6 Å². The molecular weight excluding hydrogens is 269 g/mol. The molecule has 2 aromatic heterocycles. The molecule has 2 aromatic rings. The van der Waals surface area contributed by atoms with E-state index < -0.39 is 11.9 Å². The molecule has 2 rings (SSSR count). The van der Waals surface area contributed by atoms with Gasteiger partial charge in [-0.15, -0.1) is 0 Å². The maximum absolute atomic E-state index is 12.6. The fraction of sp³-hybridized carbons (Fsp3) is 0.154. The van der Waals surface area contributed by atoms with Gasteiger partial charge in [-0.05, 0) is 30.7 Å². The van der Waals surface area contributed by atoms with E-state index in [0.29, 0.717) is 5.69 Å². The Morgan fingerprint density at radius 2 is 2.00 bits per heavy atom. The Balaban J connectivity index is 2.42. The highest BCUT2D eigenvalue weighted by atomic mass is 19.4. The average molecular weight is 278 g/mol. The Kier molecular flexibility index (Phi) is 3.57. The van der Waals surface area contributed by atoms with Gasteiger partial charge in [0.05, 0.1) is 17.4 Å². The fourth-order valence-corrected chi connectivity index (χ4v) is 1.56. The van der Waals surface area contributed by atoms with Gasteiger partial charge < -0.3 is 5.32 Å². The van der Waals surface area contributed by atoms with E-state index in [1.165, 1.54) is 6.20 Å². The van der Waals surface area contributed by atoms with Crippen LogP contribution in [0.5, 0.6) is 0 Å². The zero-order valence-corrected chi connectivity index (χ0v) is 10.4. The molecule has 0 spiro atoms. The first-order chi connectivity index (χ1) is 9.40. The van der Waals surface area contributed by atoms with Crippen LogP contribution >= 0.6 is 0 Å². The van der Waals surface area contributed by atoms with E-state index in [1.807, 2.05) is 0 Å². The summed E-state index contributed by atoms with van der Waals surface area (Å²) in [5.41, 5.74) is 0.271. The van der Waals surface area contributed by atoms with Gasteiger partial charge in [-0.2, -0.15) is 18.4 Å².